The van der Waals surface area contributed by atoms with Gasteiger partial charge in [0.25, 0.3) is 0 Å². The maximum Gasteiger partial charge on any atom is 0.416 e. The number of rotatable bonds is 2. The molecule has 0 saturated heterocycles. The van der Waals surface area contributed by atoms with Crippen molar-refractivity contribution in [3.63, 3.8) is 0 Å². The maximum absolute atomic E-state index is 12.5. The van der Waals surface area contributed by atoms with Crippen molar-refractivity contribution in [2.45, 2.75) is 12.3 Å². The molecule has 0 fully saturated rings. The van der Waals surface area contributed by atoms with Gasteiger partial charge in [0, 0.05) is 29.2 Å². The fraction of sp³-hybridized carbons (Fsp3) is 0.154. The molecule has 3 nitrogen and oxygen atoms in total. The molecule has 0 amide bonds. The largest absolute Gasteiger partial charge is 0.416 e. The average Bonchev–Trinajstić information content (AvgIpc) is 2.38. The molecule has 2 rings (SSSR count). The number of hydrogen-bond donors (Lipinski definition) is 2. The molecule has 0 aliphatic carbocycles. The fourth-order valence-corrected chi connectivity index (χ4v) is 1.72. The molecule has 6 heteroatoms. The lowest BCUT2D eigenvalue weighted by Crippen LogP contribution is -2.09. The molecule has 1 aromatic heterocycles. The number of nitrogens with two attached hydrogens (primary N) is 1. The molecule has 1 unspecified atom stereocenters. The molecule has 0 saturated carbocycles. The molecule has 3 N–H and O–H groups in total. The van der Waals surface area contributed by atoms with Crippen molar-refractivity contribution < 1.29 is 18.3 Å². The second-order valence-electron chi connectivity index (χ2n) is 4.03. The first-order chi connectivity index (χ1) is 8.89. The summed E-state index contributed by atoms with van der Waals surface area (Å²) in [7, 11) is 0. The van der Waals surface area contributed by atoms with Crippen LogP contribution in [0.15, 0.2) is 42.7 Å². The topological polar surface area (TPSA) is 59.1 Å². The number of aliphatic hydroxyl groups excluding tert-OH is 1. The highest BCUT2D eigenvalue weighted by atomic mass is 19.4. The number of halogens is 3. The third kappa shape index (κ3) is 2.85. The minimum atomic E-state index is -4.45. The third-order valence-electron chi connectivity index (χ3n) is 2.71. The van der Waals surface area contributed by atoms with Crippen molar-refractivity contribution in [1.82, 2.24) is 4.98 Å². The summed E-state index contributed by atoms with van der Waals surface area (Å²) in [5.74, 6) is 0. The molecular formula is C13H11F3N2O. The smallest absolute Gasteiger partial charge is 0.398 e. The van der Waals surface area contributed by atoms with Gasteiger partial charge in [-0.15, -0.1) is 0 Å². The molecule has 1 atom stereocenters. The highest BCUT2D eigenvalue weighted by Gasteiger charge is 2.31. The summed E-state index contributed by atoms with van der Waals surface area (Å²) in [5, 5.41) is 10.1. The van der Waals surface area contributed by atoms with Gasteiger partial charge in [0.05, 0.1) is 5.56 Å². The number of aromatic nitrogens is 1. The van der Waals surface area contributed by atoms with Crippen molar-refractivity contribution in [3.05, 3.63) is 59.4 Å². The van der Waals surface area contributed by atoms with E-state index in [2.05, 4.69) is 4.98 Å². The van der Waals surface area contributed by atoms with E-state index in [0.717, 1.165) is 12.1 Å². The summed E-state index contributed by atoms with van der Waals surface area (Å²) in [6, 6.07) is 6.13. The van der Waals surface area contributed by atoms with Crippen LogP contribution in [-0.4, -0.2) is 10.1 Å². The van der Waals surface area contributed by atoms with Crippen molar-refractivity contribution in [1.29, 1.82) is 0 Å². The van der Waals surface area contributed by atoms with Gasteiger partial charge < -0.3 is 10.8 Å². The highest BCUT2D eigenvalue weighted by molar-refractivity contribution is 5.53. The molecule has 0 spiro atoms. The van der Waals surface area contributed by atoms with E-state index in [1.54, 1.807) is 12.1 Å². The minimum Gasteiger partial charge on any atom is -0.398 e. The lowest BCUT2D eigenvalue weighted by atomic mass is 9.99. The van der Waals surface area contributed by atoms with Crippen LogP contribution >= 0.6 is 0 Å². The molecule has 1 heterocycles. The standard InChI is InChI=1S/C13H11F3N2O/c14-13(15,16)9-3-4-10(11(17)6-9)12(19)8-2-1-5-18-7-8/h1-7,12,19H,17H2. The van der Waals surface area contributed by atoms with Crippen LogP contribution < -0.4 is 5.73 Å². The van der Waals surface area contributed by atoms with Gasteiger partial charge in [-0.25, -0.2) is 0 Å². The molecule has 0 bridgehead atoms. The van der Waals surface area contributed by atoms with Crippen LogP contribution in [0.5, 0.6) is 0 Å². The van der Waals surface area contributed by atoms with Gasteiger partial charge in [0.15, 0.2) is 0 Å². The van der Waals surface area contributed by atoms with Crippen molar-refractivity contribution >= 4 is 5.69 Å². The van der Waals surface area contributed by atoms with E-state index in [1.165, 1.54) is 18.5 Å². The maximum atomic E-state index is 12.5. The van der Waals surface area contributed by atoms with Gasteiger partial charge in [0.2, 0.25) is 0 Å². The van der Waals surface area contributed by atoms with Crippen LogP contribution in [0.4, 0.5) is 18.9 Å². The Kier molecular flexibility index (Phi) is 3.44. The molecule has 2 aromatic rings. The average molecular weight is 268 g/mol. The third-order valence-corrected chi connectivity index (χ3v) is 2.71. The first-order valence-electron chi connectivity index (χ1n) is 5.44. The normalized spacial score (nSPS) is 13.3. The van der Waals surface area contributed by atoms with Crippen molar-refractivity contribution in [2.24, 2.45) is 0 Å². The minimum absolute atomic E-state index is 0.105. The number of aliphatic hydroxyl groups is 1. The number of hydrogen-bond acceptors (Lipinski definition) is 3. The molecule has 19 heavy (non-hydrogen) atoms. The lowest BCUT2D eigenvalue weighted by Gasteiger charge is -2.15. The van der Waals surface area contributed by atoms with Gasteiger partial charge in [-0.3, -0.25) is 4.98 Å². The molecule has 1 aromatic carbocycles. The van der Waals surface area contributed by atoms with Crippen LogP contribution in [-0.2, 0) is 6.18 Å². The van der Waals surface area contributed by atoms with E-state index in [-0.39, 0.29) is 11.3 Å². The molecule has 0 aliphatic rings. The van der Waals surface area contributed by atoms with Crippen LogP contribution in [0.25, 0.3) is 0 Å². The van der Waals surface area contributed by atoms with Gasteiger partial charge >= 0.3 is 6.18 Å². The van der Waals surface area contributed by atoms with Crippen LogP contribution in [0.2, 0.25) is 0 Å². The fourth-order valence-electron chi connectivity index (χ4n) is 1.72. The summed E-state index contributed by atoms with van der Waals surface area (Å²) in [6.07, 6.45) is -2.59. The quantitative estimate of drug-likeness (QED) is 0.823. The Balaban J connectivity index is 2.37. The van der Waals surface area contributed by atoms with E-state index in [1.807, 2.05) is 0 Å². The Hall–Kier alpha value is -2.08. The number of alkyl halides is 3. The Labute approximate surface area is 107 Å². The number of pyridine rings is 1. The zero-order valence-corrected chi connectivity index (χ0v) is 9.72. The van der Waals surface area contributed by atoms with E-state index in [9.17, 15) is 18.3 Å². The van der Waals surface area contributed by atoms with Crippen molar-refractivity contribution in [2.75, 3.05) is 5.73 Å². The van der Waals surface area contributed by atoms with Crippen LogP contribution in [0, 0.1) is 0 Å². The second kappa shape index (κ2) is 4.89. The van der Waals surface area contributed by atoms with Crippen LogP contribution in [0.3, 0.4) is 0 Å². The predicted octanol–water partition coefficient (Wildman–Crippen LogP) is 2.76. The molecule has 0 radical (unpaired) electrons. The van der Waals surface area contributed by atoms with E-state index in [0.29, 0.717) is 5.56 Å². The summed E-state index contributed by atoms with van der Waals surface area (Å²) in [4.78, 5) is 3.84. The molecular weight excluding hydrogens is 257 g/mol. The van der Waals surface area contributed by atoms with Crippen LogP contribution in [0.1, 0.15) is 22.8 Å². The Morgan fingerprint density at radius 2 is 1.95 bits per heavy atom. The summed E-state index contributed by atoms with van der Waals surface area (Å²) >= 11 is 0. The Morgan fingerprint density at radius 3 is 2.47 bits per heavy atom. The molecule has 100 valence electrons. The Morgan fingerprint density at radius 1 is 1.21 bits per heavy atom. The van der Waals surface area contributed by atoms with Crippen molar-refractivity contribution in [3.8, 4) is 0 Å². The predicted molar refractivity (Wildman–Crippen MR) is 64.2 cm³/mol. The first kappa shape index (κ1) is 13.4. The summed E-state index contributed by atoms with van der Waals surface area (Å²) in [6.45, 7) is 0. The lowest BCUT2D eigenvalue weighted by molar-refractivity contribution is -0.137. The Bertz CT molecular complexity index is 570. The number of benzene rings is 1. The summed E-state index contributed by atoms with van der Waals surface area (Å²) < 4.78 is 37.5. The van der Waals surface area contributed by atoms with E-state index < -0.39 is 17.8 Å². The highest BCUT2D eigenvalue weighted by Crippen LogP contribution is 2.34. The summed E-state index contributed by atoms with van der Waals surface area (Å²) in [5.41, 5.74) is 5.32. The number of nitrogens with zero attached hydrogens (tertiary/aromatic N) is 1. The van der Waals surface area contributed by atoms with E-state index >= 15 is 0 Å². The van der Waals surface area contributed by atoms with Gasteiger partial charge in [-0.1, -0.05) is 12.1 Å². The second-order valence-corrected chi connectivity index (χ2v) is 4.03. The monoisotopic (exact) mass is 268 g/mol. The SMILES string of the molecule is Nc1cc(C(F)(F)F)ccc1C(O)c1cccnc1. The zero-order valence-electron chi connectivity index (χ0n) is 9.72. The first-order valence-corrected chi connectivity index (χ1v) is 5.44. The number of anilines is 1. The van der Waals surface area contributed by atoms with Gasteiger partial charge in [0.1, 0.15) is 6.10 Å². The van der Waals surface area contributed by atoms with Gasteiger partial charge in [-0.05, 0) is 18.2 Å². The molecule has 0 aliphatic heterocycles. The van der Waals surface area contributed by atoms with Gasteiger partial charge in [-0.2, -0.15) is 13.2 Å². The zero-order chi connectivity index (χ0) is 14.0. The number of nitrogen functional groups attached to an aromatic ring is 1. The van der Waals surface area contributed by atoms with E-state index in [4.69, 9.17) is 5.73 Å².